The quantitative estimate of drug-likeness (QED) is 0.871. The van der Waals surface area contributed by atoms with Crippen LogP contribution >= 0.6 is 0 Å². The molecular weight excluding hydrogens is 240 g/mol. The summed E-state index contributed by atoms with van der Waals surface area (Å²) in [5.74, 6) is -0.788. The molecule has 0 bridgehead atoms. The Kier molecular flexibility index (Phi) is 4.43. The van der Waals surface area contributed by atoms with Gasteiger partial charge in [0.05, 0.1) is 6.54 Å². The molecule has 4 heteroatoms. The van der Waals surface area contributed by atoms with Crippen molar-refractivity contribution in [3.05, 3.63) is 29.3 Å². The molecule has 1 aliphatic rings. The van der Waals surface area contributed by atoms with Gasteiger partial charge in [-0.3, -0.25) is 4.79 Å². The summed E-state index contributed by atoms with van der Waals surface area (Å²) in [5.41, 5.74) is 3.90. The fraction of sp³-hybridized carbons (Fsp3) is 0.533. The molecule has 2 rings (SSSR count). The molecule has 0 amide bonds. The maximum atomic E-state index is 10.6. The lowest BCUT2D eigenvalue weighted by Gasteiger charge is -2.35. The summed E-state index contributed by atoms with van der Waals surface area (Å²) in [6.45, 7) is 6.26. The van der Waals surface area contributed by atoms with Gasteiger partial charge in [0.1, 0.15) is 0 Å². The summed E-state index contributed by atoms with van der Waals surface area (Å²) in [4.78, 5) is 13.0. The number of carboxylic acids is 1. The number of carboxylic acid groups (broad SMARTS) is 1. The molecule has 1 aliphatic heterocycles. The molecule has 1 unspecified atom stereocenters. The summed E-state index contributed by atoms with van der Waals surface area (Å²) in [6, 6.07) is 6.64. The van der Waals surface area contributed by atoms with E-state index in [4.69, 9.17) is 5.11 Å². The van der Waals surface area contributed by atoms with E-state index in [1.165, 1.54) is 16.8 Å². The normalized spacial score (nSPS) is 19.5. The van der Waals surface area contributed by atoms with E-state index in [0.29, 0.717) is 0 Å². The number of nitrogens with zero attached hydrogens (tertiary/aromatic N) is 1. The fourth-order valence-electron chi connectivity index (χ4n) is 2.67. The summed E-state index contributed by atoms with van der Waals surface area (Å²) in [6.07, 6.45) is 2.15. The number of benzene rings is 1. The van der Waals surface area contributed by atoms with E-state index in [9.17, 15) is 4.79 Å². The molecule has 0 saturated carbocycles. The summed E-state index contributed by atoms with van der Waals surface area (Å²) < 4.78 is 0. The van der Waals surface area contributed by atoms with Crippen molar-refractivity contribution >= 4 is 11.7 Å². The molecule has 0 radical (unpaired) electrons. The third-order valence-electron chi connectivity index (χ3n) is 3.88. The van der Waals surface area contributed by atoms with Crippen molar-refractivity contribution in [2.45, 2.75) is 32.7 Å². The minimum absolute atomic E-state index is 0.0469. The lowest BCUT2D eigenvalue weighted by Crippen LogP contribution is -2.47. The van der Waals surface area contributed by atoms with Crippen LogP contribution in [0.25, 0.3) is 0 Å². The molecule has 4 nitrogen and oxygen atoms in total. The predicted octanol–water partition coefficient (Wildman–Crippen LogP) is 1.95. The Morgan fingerprint density at radius 3 is 3.00 bits per heavy atom. The maximum Gasteiger partial charge on any atom is 0.317 e. The van der Waals surface area contributed by atoms with Crippen molar-refractivity contribution in [2.75, 3.05) is 24.5 Å². The Morgan fingerprint density at radius 2 is 2.26 bits per heavy atom. The SMILES string of the molecule is Cc1cccc(N2CCCC(NCC(=O)O)C2)c1C. The van der Waals surface area contributed by atoms with Crippen molar-refractivity contribution in [1.82, 2.24) is 5.32 Å². The number of piperidine rings is 1. The zero-order chi connectivity index (χ0) is 13.8. The topological polar surface area (TPSA) is 52.6 Å². The van der Waals surface area contributed by atoms with Crippen molar-refractivity contribution < 1.29 is 9.90 Å². The molecule has 1 heterocycles. The van der Waals surface area contributed by atoms with Gasteiger partial charge in [-0.05, 0) is 43.9 Å². The number of hydrogen-bond donors (Lipinski definition) is 2. The van der Waals surface area contributed by atoms with Gasteiger partial charge in [-0.25, -0.2) is 0 Å². The van der Waals surface area contributed by atoms with Crippen LogP contribution in [0.5, 0.6) is 0 Å². The highest BCUT2D eigenvalue weighted by atomic mass is 16.4. The zero-order valence-corrected chi connectivity index (χ0v) is 11.6. The molecular formula is C15H22N2O2. The fourth-order valence-corrected chi connectivity index (χ4v) is 2.67. The van der Waals surface area contributed by atoms with Crippen LogP contribution in [0.3, 0.4) is 0 Å². The van der Waals surface area contributed by atoms with E-state index in [-0.39, 0.29) is 12.6 Å². The molecule has 0 aliphatic carbocycles. The van der Waals surface area contributed by atoms with Gasteiger partial charge in [0.15, 0.2) is 0 Å². The van der Waals surface area contributed by atoms with Crippen LogP contribution in [0.2, 0.25) is 0 Å². The average molecular weight is 262 g/mol. The first-order valence-corrected chi connectivity index (χ1v) is 6.84. The predicted molar refractivity (Wildman–Crippen MR) is 76.8 cm³/mol. The second-order valence-electron chi connectivity index (χ2n) is 5.28. The Morgan fingerprint density at radius 1 is 1.47 bits per heavy atom. The minimum Gasteiger partial charge on any atom is -0.480 e. The van der Waals surface area contributed by atoms with E-state index in [2.05, 4.69) is 42.3 Å². The summed E-state index contributed by atoms with van der Waals surface area (Å²) >= 11 is 0. The van der Waals surface area contributed by atoms with Gasteiger partial charge in [0.25, 0.3) is 0 Å². The second-order valence-corrected chi connectivity index (χ2v) is 5.28. The third-order valence-corrected chi connectivity index (χ3v) is 3.88. The molecule has 1 aromatic rings. The number of aryl methyl sites for hydroxylation is 1. The minimum atomic E-state index is -0.788. The molecule has 2 N–H and O–H groups in total. The highest BCUT2D eigenvalue weighted by Crippen LogP contribution is 2.25. The largest absolute Gasteiger partial charge is 0.480 e. The van der Waals surface area contributed by atoms with Gasteiger partial charge < -0.3 is 15.3 Å². The summed E-state index contributed by atoms with van der Waals surface area (Å²) in [7, 11) is 0. The molecule has 19 heavy (non-hydrogen) atoms. The molecule has 104 valence electrons. The number of nitrogens with one attached hydrogen (secondary N) is 1. The van der Waals surface area contributed by atoms with Crippen molar-refractivity contribution in [1.29, 1.82) is 0 Å². The lowest BCUT2D eigenvalue weighted by atomic mass is 10.0. The highest BCUT2D eigenvalue weighted by Gasteiger charge is 2.21. The van der Waals surface area contributed by atoms with Gasteiger partial charge in [0.2, 0.25) is 0 Å². The number of carbonyl (C=O) groups is 1. The van der Waals surface area contributed by atoms with Crippen molar-refractivity contribution in [3.63, 3.8) is 0 Å². The van der Waals surface area contributed by atoms with Gasteiger partial charge in [0, 0.05) is 24.8 Å². The lowest BCUT2D eigenvalue weighted by molar-refractivity contribution is -0.136. The molecule has 1 atom stereocenters. The van der Waals surface area contributed by atoms with E-state index >= 15 is 0 Å². The molecule has 1 fully saturated rings. The summed E-state index contributed by atoms with van der Waals surface area (Å²) in [5, 5.41) is 11.8. The first-order chi connectivity index (χ1) is 9.08. The van der Waals surface area contributed by atoms with E-state index in [1.807, 2.05) is 0 Å². The van der Waals surface area contributed by atoms with Gasteiger partial charge in [-0.1, -0.05) is 12.1 Å². The number of anilines is 1. The van der Waals surface area contributed by atoms with Crippen LogP contribution in [-0.4, -0.2) is 36.8 Å². The van der Waals surface area contributed by atoms with Crippen LogP contribution in [0.15, 0.2) is 18.2 Å². The van der Waals surface area contributed by atoms with Gasteiger partial charge in [-0.15, -0.1) is 0 Å². The Hall–Kier alpha value is -1.55. The van der Waals surface area contributed by atoms with E-state index in [1.54, 1.807) is 0 Å². The van der Waals surface area contributed by atoms with E-state index in [0.717, 1.165) is 25.9 Å². The van der Waals surface area contributed by atoms with Crippen LogP contribution in [-0.2, 0) is 4.79 Å². The first-order valence-electron chi connectivity index (χ1n) is 6.84. The van der Waals surface area contributed by atoms with Gasteiger partial charge >= 0.3 is 5.97 Å². The second kappa shape index (κ2) is 6.06. The smallest absolute Gasteiger partial charge is 0.317 e. The Labute approximate surface area is 114 Å². The highest BCUT2D eigenvalue weighted by molar-refractivity contribution is 5.69. The zero-order valence-electron chi connectivity index (χ0n) is 11.6. The number of rotatable bonds is 4. The molecule has 1 saturated heterocycles. The number of hydrogen-bond acceptors (Lipinski definition) is 3. The van der Waals surface area contributed by atoms with Crippen molar-refractivity contribution in [2.24, 2.45) is 0 Å². The van der Waals surface area contributed by atoms with Crippen LogP contribution in [0.4, 0.5) is 5.69 Å². The molecule has 0 aromatic heterocycles. The van der Waals surface area contributed by atoms with Crippen molar-refractivity contribution in [3.8, 4) is 0 Å². The van der Waals surface area contributed by atoms with E-state index < -0.39 is 5.97 Å². The molecule has 0 spiro atoms. The standard InChI is InChI=1S/C15H22N2O2/c1-11-5-3-7-14(12(11)2)17-8-4-6-13(10-17)16-9-15(18)19/h3,5,7,13,16H,4,6,8-10H2,1-2H3,(H,18,19). The molecule has 1 aromatic carbocycles. The third kappa shape index (κ3) is 3.47. The van der Waals surface area contributed by atoms with Gasteiger partial charge in [-0.2, -0.15) is 0 Å². The maximum absolute atomic E-state index is 10.6. The average Bonchev–Trinajstić information content (AvgIpc) is 2.40. The van der Waals surface area contributed by atoms with Crippen LogP contribution in [0.1, 0.15) is 24.0 Å². The monoisotopic (exact) mass is 262 g/mol. The van der Waals surface area contributed by atoms with Crippen LogP contribution < -0.4 is 10.2 Å². The van der Waals surface area contributed by atoms with Crippen LogP contribution in [0, 0.1) is 13.8 Å². The Balaban J connectivity index is 2.04. The number of aliphatic carboxylic acids is 1. The first kappa shape index (κ1) is 13.9. The Bertz CT molecular complexity index is 459.